The number of amides is 1. The van der Waals surface area contributed by atoms with E-state index in [1.807, 2.05) is 91.0 Å². The van der Waals surface area contributed by atoms with Crippen LogP contribution >= 0.6 is 0 Å². The maximum atomic E-state index is 13.2. The summed E-state index contributed by atoms with van der Waals surface area (Å²) in [5.41, 5.74) is 8.73. The monoisotopic (exact) mass is 508 g/mol. The molecule has 3 N–H and O–H groups in total. The molecule has 7 nitrogen and oxygen atoms in total. The first-order valence-electron chi connectivity index (χ1n) is 12.2. The second-order valence-corrected chi connectivity index (χ2v) is 8.57. The predicted octanol–water partition coefficient (Wildman–Crippen LogP) is 5.08. The number of carbonyl (C=O) groups is 3. The maximum Gasteiger partial charge on any atom is 0.340 e. The van der Waals surface area contributed by atoms with Crippen LogP contribution < -0.4 is 11.1 Å². The van der Waals surface area contributed by atoms with Crippen LogP contribution in [0.25, 0.3) is 0 Å². The summed E-state index contributed by atoms with van der Waals surface area (Å²) in [5.74, 6) is -2.30. The average molecular weight is 509 g/mol. The number of hydrogen-bond acceptors (Lipinski definition) is 6. The van der Waals surface area contributed by atoms with Gasteiger partial charge in [-0.3, -0.25) is 4.79 Å². The molecule has 0 aliphatic rings. The standard InChI is InChI=1S/C31H28N2O5/c32-19-27(24-14-8-3-9-15-24)29(34)33-28-18-25(30(35)37-20-22-10-4-1-5-11-22)16-17-26(28)31(36)38-21-23-12-6-2-7-13-23/h1-18,27H,19-21,32H2,(H,33,34). The molecular formula is C31H28N2O5. The van der Waals surface area contributed by atoms with Gasteiger partial charge >= 0.3 is 11.9 Å². The quantitative estimate of drug-likeness (QED) is 0.289. The summed E-state index contributed by atoms with van der Waals surface area (Å²) >= 11 is 0. The van der Waals surface area contributed by atoms with E-state index < -0.39 is 23.8 Å². The largest absolute Gasteiger partial charge is 0.457 e. The fourth-order valence-corrected chi connectivity index (χ4v) is 3.86. The van der Waals surface area contributed by atoms with Gasteiger partial charge in [0.05, 0.1) is 22.7 Å². The van der Waals surface area contributed by atoms with Crippen LogP contribution in [0.5, 0.6) is 0 Å². The van der Waals surface area contributed by atoms with E-state index in [1.165, 1.54) is 18.2 Å². The molecule has 0 saturated carbocycles. The number of benzene rings is 4. The van der Waals surface area contributed by atoms with Crippen molar-refractivity contribution in [1.29, 1.82) is 0 Å². The zero-order chi connectivity index (χ0) is 26.7. The smallest absolute Gasteiger partial charge is 0.340 e. The second kappa shape index (κ2) is 13.0. The maximum absolute atomic E-state index is 13.2. The van der Waals surface area contributed by atoms with Crippen LogP contribution in [0.1, 0.15) is 43.3 Å². The molecule has 1 atom stereocenters. The molecule has 0 aliphatic heterocycles. The van der Waals surface area contributed by atoms with Gasteiger partial charge in [-0.15, -0.1) is 0 Å². The summed E-state index contributed by atoms with van der Waals surface area (Å²) in [6.45, 7) is 0.206. The fraction of sp³-hybridized carbons (Fsp3) is 0.129. The lowest BCUT2D eigenvalue weighted by molar-refractivity contribution is -0.117. The van der Waals surface area contributed by atoms with Gasteiger partial charge in [0.1, 0.15) is 13.2 Å². The number of carbonyl (C=O) groups excluding carboxylic acids is 3. The summed E-state index contributed by atoms with van der Waals surface area (Å²) in [6, 6.07) is 32.0. The molecule has 0 aromatic heterocycles. The van der Waals surface area contributed by atoms with E-state index in [1.54, 1.807) is 0 Å². The van der Waals surface area contributed by atoms with Gasteiger partial charge in [0.2, 0.25) is 5.91 Å². The SMILES string of the molecule is NCC(C(=O)Nc1cc(C(=O)OCc2ccccc2)ccc1C(=O)OCc1ccccc1)c1ccccc1. The zero-order valence-electron chi connectivity index (χ0n) is 20.7. The van der Waals surface area contributed by atoms with Crippen LogP contribution in [0.2, 0.25) is 0 Å². The Balaban J connectivity index is 1.57. The predicted molar refractivity (Wildman–Crippen MR) is 144 cm³/mol. The van der Waals surface area contributed by atoms with Crippen LogP contribution in [-0.4, -0.2) is 24.4 Å². The van der Waals surface area contributed by atoms with Crippen molar-refractivity contribution in [1.82, 2.24) is 0 Å². The van der Waals surface area contributed by atoms with Crippen molar-refractivity contribution in [3.8, 4) is 0 Å². The molecule has 4 rings (SSSR count). The Hall–Kier alpha value is -4.75. The zero-order valence-corrected chi connectivity index (χ0v) is 20.7. The molecule has 7 heteroatoms. The van der Waals surface area contributed by atoms with Crippen molar-refractivity contribution >= 4 is 23.5 Å². The normalized spacial score (nSPS) is 11.3. The van der Waals surface area contributed by atoms with E-state index in [0.29, 0.717) is 0 Å². The molecule has 0 aliphatic carbocycles. The number of hydrogen-bond donors (Lipinski definition) is 2. The Morgan fingerprint density at radius 2 is 1.21 bits per heavy atom. The van der Waals surface area contributed by atoms with Crippen molar-refractivity contribution in [3.63, 3.8) is 0 Å². The van der Waals surface area contributed by atoms with Gasteiger partial charge in [0.15, 0.2) is 0 Å². The highest BCUT2D eigenvalue weighted by Gasteiger charge is 2.23. The first-order valence-corrected chi connectivity index (χ1v) is 12.2. The number of ether oxygens (including phenoxy) is 2. The fourth-order valence-electron chi connectivity index (χ4n) is 3.86. The van der Waals surface area contributed by atoms with E-state index in [9.17, 15) is 14.4 Å². The molecule has 1 amide bonds. The van der Waals surface area contributed by atoms with Gasteiger partial charge in [-0.05, 0) is 34.9 Å². The number of esters is 2. The van der Waals surface area contributed by atoms with Crippen LogP contribution in [-0.2, 0) is 27.5 Å². The van der Waals surface area contributed by atoms with Crippen LogP contribution in [0.4, 0.5) is 5.69 Å². The van der Waals surface area contributed by atoms with Gasteiger partial charge in [-0.1, -0.05) is 91.0 Å². The van der Waals surface area contributed by atoms with Crippen molar-refractivity contribution in [2.45, 2.75) is 19.1 Å². The van der Waals surface area contributed by atoms with Crippen LogP contribution in [0.15, 0.2) is 109 Å². The summed E-state index contributed by atoms with van der Waals surface area (Å²) in [7, 11) is 0. The third-order valence-corrected chi connectivity index (χ3v) is 5.91. The van der Waals surface area contributed by atoms with Gasteiger partial charge in [0, 0.05) is 6.54 Å². The third kappa shape index (κ3) is 6.93. The Kier molecular flexibility index (Phi) is 8.99. The van der Waals surface area contributed by atoms with E-state index in [4.69, 9.17) is 15.2 Å². The highest BCUT2D eigenvalue weighted by atomic mass is 16.5. The Bertz CT molecular complexity index is 1380. The minimum Gasteiger partial charge on any atom is -0.457 e. The molecule has 0 radical (unpaired) electrons. The Morgan fingerprint density at radius 1 is 0.684 bits per heavy atom. The first kappa shape index (κ1) is 26.3. The first-order chi connectivity index (χ1) is 18.5. The van der Waals surface area contributed by atoms with Crippen LogP contribution in [0, 0.1) is 0 Å². The Labute approximate surface area is 221 Å². The summed E-state index contributed by atoms with van der Waals surface area (Å²) in [6.07, 6.45) is 0. The second-order valence-electron chi connectivity index (χ2n) is 8.57. The number of anilines is 1. The Morgan fingerprint density at radius 3 is 1.76 bits per heavy atom. The highest BCUT2D eigenvalue weighted by molar-refractivity contribution is 6.05. The molecule has 4 aromatic carbocycles. The molecule has 4 aromatic rings. The van der Waals surface area contributed by atoms with Crippen molar-refractivity contribution in [2.75, 3.05) is 11.9 Å². The number of nitrogens with one attached hydrogen (secondary N) is 1. The summed E-state index contributed by atoms with van der Waals surface area (Å²) in [4.78, 5) is 39.0. The van der Waals surface area contributed by atoms with E-state index in [0.717, 1.165) is 16.7 Å². The molecule has 0 saturated heterocycles. The van der Waals surface area contributed by atoms with E-state index >= 15 is 0 Å². The lowest BCUT2D eigenvalue weighted by atomic mass is 9.98. The van der Waals surface area contributed by atoms with Gasteiger partial charge in [-0.25, -0.2) is 9.59 Å². The number of rotatable bonds is 10. The lowest BCUT2D eigenvalue weighted by Gasteiger charge is -2.18. The highest BCUT2D eigenvalue weighted by Crippen LogP contribution is 2.24. The summed E-state index contributed by atoms with van der Waals surface area (Å²) in [5, 5.41) is 2.78. The van der Waals surface area contributed by atoms with Crippen molar-refractivity contribution < 1.29 is 23.9 Å². The molecule has 1 unspecified atom stereocenters. The minimum atomic E-state index is -0.655. The lowest BCUT2D eigenvalue weighted by Crippen LogP contribution is -2.28. The van der Waals surface area contributed by atoms with E-state index in [2.05, 4.69) is 5.32 Å². The third-order valence-electron chi connectivity index (χ3n) is 5.91. The molecular weight excluding hydrogens is 480 g/mol. The number of nitrogens with two attached hydrogens (primary N) is 1. The topological polar surface area (TPSA) is 108 Å². The molecule has 0 fully saturated rings. The minimum absolute atomic E-state index is 0.0580. The average Bonchev–Trinajstić information content (AvgIpc) is 2.96. The molecule has 38 heavy (non-hydrogen) atoms. The van der Waals surface area contributed by atoms with Crippen molar-refractivity contribution in [3.05, 3.63) is 137 Å². The van der Waals surface area contributed by atoms with Crippen molar-refractivity contribution in [2.24, 2.45) is 5.73 Å². The molecule has 0 spiro atoms. The molecule has 0 heterocycles. The van der Waals surface area contributed by atoms with Gasteiger partial charge in [-0.2, -0.15) is 0 Å². The van der Waals surface area contributed by atoms with Crippen LogP contribution in [0.3, 0.4) is 0 Å². The van der Waals surface area contributed by atoms with E-state index in [-0.39, 0.29) is 36.6 Å². The van der Waals surface area contributed by atoms with Gasteiger partial charge in [0.25, 0.3) is 0 Å². The summed E-state index contributed by atoms with van der Waals surface area (Å²) < 4.78 is 10.9. The molecule has 0 bridgehead atoms. The molecule has 192 valence electrons. The van der Waals surface area contributed by atoms with Gasteiger partial charge < -0.3 is 20.5 Å².